The van der Waals surface area contributed by atoms with Gasteiger partial charge < -0.3 is 33.3 Å². The molecule has 0 amide bonds. The van der Waals surface area contributed by atoms with E-state index in [9.17, 15) is 19.5 Å². The molecule has 2 unspecified atom stereocenters. The van der Waals surface area contributed by atoms with E-state index in [1.807, 2.05) is 21.1 Å². The first kappa shape index (κ1) is 64.3. The van der Waals surface area contributed by atoms with Gasteiger partial charge in [-0.15, -0.1) is 0 Å². The molecular weight excluding hydrogens is 827 g/mol. The molecule has 0 aromatic rings. The van der Waals surface area contributed by atoms with E-state index in [2.05, 4.69) is 13.8 Å². The van der Waals surface area contributed by atoms with Crippen LogP contribution >= 0.6 is 0 Å². The minimum absolute atomic E-state index is 0.153. The molecule has 0 heterocycles. The summed E-state index contributed by atoms with van der Waals surface area (Å²) < 4.78 is 22.7. The molecule has 0 aromatic carbocycles. The highest BCUT2D eigenvalue weighted by Gasteiger charge is 2.22. The highest BCUT2D eigenvalue weighted by molar-refractivity contribution is 5.70. The highest BCUT2D eigenvalue weighted by atomic mass is 16.7. The third kappa shape index (κ3) is 50.2. The summed E-state index contributed by atoms with van der Waals surface area (Å²) in [4.78, 5) is 37.2. The molecule has 0 aliphatic carbocycles. The van der Waals surface area contributed by atoms with E-state index in [1.165, 1.54) is 225 Å². The van der Waals surface area contributed by atoms with Gasteiger partial charge in [0.2, 0.25) is 0 Å². The first-order chi connectivity index (χ1) is 32.1. The molecule has 0 aliphatic rings. The van der Waals surface area contributed by atoms with Crippen molar-refractivity contribution >= 4 is 17.9 Å². The molecule has 9 nitrogen and oxygen atoms in total. The zero-order valence-corrected chi connectivity index (χ0v) is 44.6. The van der Waals surface area contributed by atoms with Crippen LogP contribution in [0.4, 0.5) is 0 Å². The van der Waals surface area contributed by atoms with Crippen molar-refractivity contribution in [1.82, 2.24) is 0 Å². The lowest BCUT2D eigenvalue weighted by molar-refractivity contribution is -0.870. The Morgan fingerprint density at radius 3 is 0.970 bits per heavy atom. The lowest BCUT2D eigenvalue weighted by Crippen LogP contribution is -2.44. The molecule has 66 heavy (non-hydrogen) atoms. The van der Waals surface area contributed by atoms with Crippen LogP contribution in [0.5, 0.6) is 0 Å². The van der Waals surface area contributed by atoms with Crippen molar-refractivity contribution in [2.45, 2.75) is 302 Å². The number of unbranched alkanes of at least 4 members (excludes halogenated alkanes) is 39. The Morgan fingerprint density at radius 1 is 0.394 bits per heavy atom. The fourth-order valence-electron chi connectivity index (χ4n) is 8.66. The van der Waals surface area contributed by atoms with Crippen molar-refractivity contribution in [2.24, 2.45) is 0 Å². The molecule has 0 radical (unpaired) electrons. The quantitative estimate of drug-likeness (QED) is 0.0257. The zero-order valence-electron chi connectivity index (χ0n) is 44.6. The van der Waals surface area contributed by atoms with Crippen molar-refractivity contribution in [3.8, 4) is 0 Å². The van der Waals surface area contributed by atoms with Gasteiger partial charge >= 0.3 is 11.9 Å². The van der Waals surface area contributed by atoms with Gasteiger partial charge in [0.05, 0.1) is 40.3 Å². The van der Waals surface area contributed by atoms with Crippen molar-refractivity contribution in [2.75, 3.05) is 47.5 Å². The molecule has 2 atom stereocenters. The van der Waals surface area contributed by atoms with Gasteiger partial charge in [0, 0.05) is 12.8 Å². The number of rotatable bonds is 54. The predicted molar refractivity (Wildman–Crippen MR) is 274 cm³/mol. The van der Waals surface area contributed by atoms with Gasteiger partial charge in [-0.05, 0) is 12.8 Å². The molecule has 0 saturated heterocycles. The van der Waals surface area contributed by atoms with E-state index in [4.69, 9.17) is 18.9 Å². The molecular formula is C57H111NO8. The van der Waals surface area contributed by atoms with Gasteiger partial charge in [0.15, 0.2) is 12.4 Å². The summed E-state index contributed by atoms with van der Waals surface area (Å²) in [5, 5.41) is 11.8. The average Bonchev–Trinajstić information content (AvgIpc) is 3.28. The van der Waals surface area contributed by atoms with E-state index in [-0.39, 0.29) is 32.2 Å². The number of esters is 2. The van der Waals surface area contributed by atoms with Crippen LogP contribution in [0.15, 0.2) is 0 Å². The van der Waals surface area contributed by atoms with E-state index >= 15 is 0 Å². The van der Waals surface area contributed by atoms with Crippen LogP contribution < -0.4 is 5.11 Å². The molecule has 0 fully saturated rings. The molecule has 0 aromatic heterocycles. The Balaban J connectivity index is 4.20. The number of carbonyl (C=O) groups excluding carboxylic acids is 3. The lowest BCUT2D eigenvalue weighted by Gasteiger charge is -2.26. The monoisotopic (exact) mass is 938 g/mol. The number of ether oxygens (including phenoxy) is 4. The summed E-state index contributed by atoms with van der Waals surface area (Å²) >= 11 is 0. The normalized spacial score (nSPS) is 12.7. The number of carboxylic acids is 1. The molecule has 0 bridgehead atoms. The minimum Gasteiger partial charge on any atom is -0.545 e. The van der Waals surface area contributed by atoms with Crippen LogP contribution in [-0.2, 0) is 33.3 Å². The Hall–Kier alpha value is -1.71. The smallest absolute Gasteiger partial charge is 0.306 e. The molecule has 392 valence electrons. The van der Waals surface area contributed by atoms with Gasteiger partial charge in [0.25, 0.3) is 0 Å². The first-order valence-electron chi connectivity index (χ1n) is 28.7. The highest BCUT2D eigenvalue weighted by Crippen LogP contribution is 2.18. The SMILES string of the molecule is CCCCCCCCCCCCCCCCCCCCCCCCC(=O)OC(COC(=O)CCCCCCCCCCCCCCCCCCCCC)COC(OCC[N+](C)(C)C)C(=O)[O-]. The summed E-state index contributed by atoms with van der Waals surface area (Å²) in [6.07, 6.45) is 51.4. The van der Waals surface area contributed by atoms with Crippen molar-refractivity contribution in [3.05, 3.63) is 0 Å². The molecule has 0 rings (SSSR count). The molecule has 9 heteroatoms. The average molecular weight is 939 g/mol. The Bertz CT molecular complexity index is 1050. The number of carbonyl (C=O) groups is 3. The summed E-state index contributed by atoms with van der Waals surface area (Å²) in [7, 11) is 5.93. The Morgan fingerprint density at radius 2 is 0.682 bits per heavy atom. The Labute approximate surface area is 409 Å². The minimum atomic E-state index is -1.61. The second-order valence-corrected chi connectivity index (χ2v) is 21.0. The fraction of sp³-hybridized carbons (Fsp3) is 0.947. The van der Waals surface area contributed by atoms with Crippen LogP contribution in [-0.4, -0.2) is 82.3 Å². The van der Waals surface area contributed by atoms with Gasteiger partial charge in [-0.2, -0.15) is 0 Å². The van der Waals surface area contributed by atoms with Gasteiger partial charge in [-0.25, -0.2) is 0 Å². The van der Waals surface area contributed by atoms with Crippen LogP contribution in [0.2, 0.25) is 0 Å². The second-order valence-electron chi connectivity index (χ2n) is 21.0. The third-order valence-corrected chi connectivity index (χ3v) is 13.1. The fourth-order valence-corrected chi connectivity index (χ4v) is 8.66. The van der Waals surface area contributed by atoms with E-state index in [0.29, 0.717) is 17.4 Å². The summed E-state index contributed by atoms with van der Waals surface area (Å²) in [6.45, 7) is 4.82. The van der Waals surface area contributed by atoms with Crippen LogP contribution in [0.3, 0.4) is 0 Å². The number of hydrogen-bond donors (Lipinski definition) is 0. The van der Waals surface area contributed by atoms with Crippen LogP contribution in [0.25, 0.3) is 0 Å². The molecule has 0 saturated carbocycles. The largest absolute Gasteiger partial charge is 0.545 e. The molecule has 0 aliphatic heterocycles. The first-order valence-corrected chi connectivity index (χ1v) is 28.7. The number of hydrogen-bond acceptors (Lipinski definition) is 8. The Kier molecular flexibility index (Phi) is 48.4. The van der Waals surface area contributed by atoms with Gasteiger partial charge in [-0.3, -0.25) is 9.59 Å². The summed E-state index contributed by atoms with van der Waals surface area (Å²) in [5.74, 6) is -2.25. The lowest BCUT2D eigenvalue weighted by atomic mass is 10.0. The topological polar surface area (TPSA) is 111 Å². The number of quaternary nitrogens is 1. The zero-order chi connectivity index (χ0) is 48.4. The standard InChI is InChI=1S/C57H111NO8/c1-6-8-10-12-14-16-18-20-22-24-26-27-28-30-32-34-36-38-40-42-44-46-48-55(60)66-53(52-65-57(56(61)62)63-50-49-58(3,4)5)51-64-54(59)47-45-43-41-39-37-35-33-31-29-25-23-21-19-17-15-13-11-9-7-2/h53,57H,6-52H2,1-5H3. The van der Waals surface area contributed by atoms with Crippen molar-refractivity contribution in [1.29, 1.82) is 0 Å². The van der Waals surface area contributed by atoms with Crippen LogP contribution in [0.1, 0.15) is 290 Å². The number of aliphatic carboxylic acids is 1. The van der Waals surface area contributed by atoms with E-state index < -0.39 is 24.3 Å². The van der Waals surface area contributed by atoms with E-state index in [1.54, 1.807) is 0 Å². The van der Waals surface area contributed by atoms with Crippen molar-refractivity contribution in [3.63, 3.8) is 0 Å². The second kappa shape index (κ2) is 49.7. The van der Waals surface area contributed by atoms with Gasteiger partial charge in [-0.1, -0.05) is 264 Å². The molecule has 0 N–H and O–H groups in total. The molecule has 0 spiro atoms. The van der Waals surface area contributed by atoms with Crippen LogP contribution in [0, 0.1) is 0 Å². The maximum Gasteiger partial charge on any atom is 0.306 e. The number of likely N-dealkylation sites (N-methyl/N-ethyl adjacent to an activating group) is 1. The van der Waals surface area contributed by atoms with Crippen molar-refractivity contribution < 1.29 is 42.9 Å². The predicted octanol–water partition coefficient (Wildman–Crippen LogP) is 15.1. The van der Waals surface area contributed by atoms with E-state index in [0.717, 1.165) is 38.5 Å². The summed E-state index contributed by atoms with van der Waals surface area (Å²) in [6, 6.07) is 0. The number of carboxylic acid groups (broad SMARTS) is 1. The summed E-state index contributed by atoms with van der Waals surface area (Å²) in [5.41, 5.74) is 0. The maximum atomic E-state index is 12.8. The maximum absolute atomic E-state index is 12.8. The van der Waals surface area contributed by atoms with Gasteiger partial charge in [0.1, 0.15) is 13.2 Å². The third-order valence-electron chi connectivity index (χ3n) is 13.1. The number of nitrogens with zero attached hydrogens (tertiary/aromatic N) is 1.